The van der Waals surface area contributed by atoms with Gasteiger partial charge in [-0.15, -0.1) is 0 Å². The molecule has 14 rings (SSSR count). The van der Waals surface area contributed by atoms with Gasteiger partial charge >= 0.3 is 8.88 Å². The molecule has 4 aliphatic rings. The molecule has 0 radical (unpaired) electrons. The maximum atomic E-state index is 12.4. The van der Waals surface area contributed by atoms with Crippen LogP contribution in [0.2, 0.25) is 39.3 Å². The fourth-order valence-electron chi connectivity index (χ4n) is 11.0. The van der Waals surface area contributed by atoms with Crippen molar-refractivity contribution in [3.8, 4) is 0 Å². The zero-order valence-corrected chi connectivity index (χ0v) is 45.5. The van der Waals surface area contributed by atoms with Gasteiger partial charge in [0.1, 0.15) is 22.6 Å². The number of non-ortho nitro benzene ring substituents is 4. The maximum Gasteiger partial charge on any atom is 0.582 e. The lowest BCUT2D eigenvalue weighted by molar-refractivity contribution is -0.384. The van der Waals surface area contributed by atoms with Crippen LogP contribution in [0.5, 0.6) is 0 Å². The average Bonchev–Trinajstić information content (AvgIpc) is 2.70. The Kier molecular flexibility index (Phi) is 9.79. The first-order valence-corrected chi connectivity index (χ1v) is 33.3. The van der Waals surface area contributed by atoms with Gasteiger partial charge in [0, 0.05) is 92.3 Å². The van der Waals surface area contributed by atoms with Crippen molar-refractivity contribution in [2.45, 2.75) is 39.3 Å². The van der Waals surface area contributed by atoms with E-state index in [0.717, 1.165) is 0 Å². The van der Waals surface area contributed by atoms with Gasteiger partial charge in [-0.1, -0.05) is 0 Å². The molecule has 386 valence electrons. The molecular weight excluding hydrogens is 1060 g/mol. The van der Waals surface area contributed by atoms with E-state index in [9.17, 15) is 40.5 Å². The Labute approximate surface area is 446 Å². The molecule has 25 heteroatoms. The molecule has 79 heavy (non-hydrogen) atoms. The number of benzene rings is 8. The Morgan fingerprint density at radius 1 is 0.367 bits per heavy atom. The third-order valence-corrected chi connectivity index (χ3v) is 23.2. The molecule has 0 atom stereocenters. The van der Waals surface area contributed by atoms with Crippen LogP contribution in [0.3, 0.4) is 0 Å². The minimum absolute atomic E-state index is 0.113. The summed E-state index contributed by atoms with van der Waals surface area (Å²) in [6, 6.07) is 33.2. The third-order valence-electron chi connectivity index (χ3n) is 14.2. The number of nitro groups is 4. The molecule has 4 aliphatic heterocycles. The SMILES string of the molecule is C[Si](C)(C)O[Si]1(O[Si](C)(C)C)n2c3c4cc5cc([N+](=O)[O-])ccc5cc4c2/N=C2N=C(/N=c4/c5cc6cc([N+](=O)[O-])ccc6cc5/c(n41)=N/C1=NC(=N\3)/c3cc4ccc([N+](=O)[O-])cc4cc31)c1cc3ccc([N+](=O)[O-])cc3cc1\2. The molecule has 8 aromatic carbocycles. The van der Waals surface area contributed by atoms with E-state index in [-0.39, 0.29) is 68.7 Å². The van der Waals surface area contributed by atoms with E-state index < -0.39 is 45.2 Å². The maximum absolute atomic E-state index is 12.4. The van der Waals surface area contributed by atoms with Gasteiger partial charge in [-0.3, -0.25) is 48.9 Å². The molecule has 0 fully saturated rings. The van der Waals surface area contributed by atoms with E-state index in [2.05, 4.69) is 0 Å². The molecule has 6 bridgehead atoms. The van der Waals surface area contributed by atoms with E-state index in [4.69, 9.17) is 38.2 Å². The highest BCUT2D eigenvalue weighted by Crippen LogP contribution is 2.47. The number of amidine groups is 4. The van der Waals surface area contributed by atoms with E-state index in [1.54, 1.807) is 36.4 Å². The highest BCUT2D eigenvalue weighted by molar-refractivity contribution is 6.87. The molecule has 0 aliphatic carbocycles. The summed E-state index contributed by atoms with van der Waals surface area (Å²) in [4.78, 5) is 79.9. The molecule has 2 aromatic heterocycles. The molecule has 0 amide bonds. The first kappa shape index (κ1) is 47.8. The Morgan fingerprint density at radius 2 is 0.658 bits per heavy atom. The van der Waals surface area contributed by atoms with Crippen molar-refractivity contribution in [1.29, 1.82) is 0 Å². The molecule has 22 nitrogen and oxygen atoms in total. The molecule has 0 spiro atoms. The zero-order valence-electron chi connectivity index (χ0n) is 42.5. The van der Waals surface area contributed by atoms with Gasteiger partial charge in [0.15, 0.2) is 40.0 Å². The summed E-state index contributed by atoms with van der Waals surface area (Å²) in [5.74, 6) is 1.38. The average molecular weight is 1100 g/mol. The van der Waals surface area contributed by atoms with E-state index in [0.29, 0.717) is 86.9 Å². The summed E-state index contributed by atoms with van der Waals surface area (Å²) in [7, 11) is -10.7. The quantitative estimate of drug-likeness (QED) is 0.0788. The number of aromatic nitrogens is 2. The van der Waals surface area contributed by atoms with Gasteiger partial charge in [-0.2, -0.15) is 0 Å². The van der Waals surface area contributed by atoms with E-state index >= 15 is 0 Å². The van der Waals surface area contributed by atoms with Crippen molar-refractivity contribution in [3.05, 3.63) is 195 Å². The fraction of sp³-hybridized carbons (Fsp3) is 0.111. The third kappa shape index (κ3) is 7.34. The molecule has 0 unspecified atom stereocenters. The Morgan fingerprint density at radius 3 is 1.01 bits per heavy atom. The molecule has 0 N–H and O–H groups in total. The number of hydrogen-bond donors (Lipinski definition) is 0. The highest BCUT2D eigenvalue weighted by atomic mass is 28.5. The van der Waals surface area contributed by atoms with Crippen LogP contribution in [-0.2, 0) is 8.23 Å². The Balaban J connectivity index is 1.27. The summed E-state index contributed by atoms with van der Waals surface area (Å²) in [5.41, 5.74) is 2.16. The number of hydrogen-bond acceptors (Lipinski definition) is 16. The lowest BCUT2D eigenvalue weighted by atomic mass is 10.0. The smallest absolute Gasteiger partial charge is 0.404 e. The van der Waals surface area contributed by atoms with Crippen molar-refractivity contribution in [1.82, 2.24) is 8.47 Å². The van der Waals surface area contributed by atoms with E-state index in [1.165, 1.54) is 48.5 Å². The number of rotatable bonds is 8. The highest BCUT2D eigenvalue weighted by Gasteiger charge is 2.57. The van der Waals surface area contributed by atoms with Crippen molar-refractivity contribution in [3.63, 3.8) is 0 Å². The standard InChI is InChI=1S/C54H38N12O10Si3/c1-77(2,3)75-79(76-78(4,5)6)61-52-43-21-29-9-13-37(65(71)72)17-33(29)25-45(43)53(61)57-47-39-19-27-7-11-35(63(67)68)15-31(27)23-41(39)49(55-47)59-51-44-22-30-10-14-38(66(73)74)18-34(30)26-46(44)54(62(51)79)58-48-40-20-28-8-12-36(64(69)70)16-32(28)24-42(40)50(56-48)60-52/h7-26H,1-6H3/b57-47-,57-53?,58-48?,58-54-,59-49?,59-51-,60-50-,60-52?. The van der Waals surface area contributed by atoms with Crippen molar-refractivity contribution >= 4 is 148 Å². The summed E-state index contributed by atoms with van der Waals surface area (Å²) in [6.45, 7) is 12.3. The van der Waals surface area contributed by atoms with Crippen molar-refractivity contribution in [2.75, 3.05) is 0 Å². The monoisotopic (exact) mass is 1100 g/mol. The number of fused-ring (bicyclic) bond motifs is 18. The largest absolute Gasteiger partial charge is 0.582 e. The molecule has 6 heterocycles. The van der Waals surface area contributed by atoms with Crippen LogP contribution in [0.25, 0.3) is 64.6 Å². The summed E-state index contributed by atoms with van der Waals surface area (Å²) < 4.78 is 19.7. The Hall–Kier alpha value is -9.67. The van der Waals surface area contributed by atoms with Crippen LogP contribution in [0.4, 0.5) is 34.4 Å². The number of nitrogens with zero attached hydrogens (tertiary/aromatic N) is 12. The predicted molar refractivity (Wildman–Crippen MR) is 307 cm³/mol. The Bertz CT molecular complexity index is 4900. The molecular formula is C54H38N12O10Si3. The zero-order chi connectivity index (χ0) is 54.9. The number of aliphatic imine (C=N–C) groups is 4. The fourth-order valence-corrected chi connectivity index (χ4v) is 21.4. The van der Waals surface area contributed by atoms with Crippen LogP contribution in [0, 0.1) is 40.5 Å². The lowest BCUT2D eigenvalue weighted by Crippen LogP contribution is -2.69. The van der Waals surface area contributed by atoms with Crippen molar-refractivity contribution < 1.29 is 27.9 Å². The van der Waals surface area contributed by atoms with Gasteiger partial charge in [0.25, 0.3) is 22.7 Å². The first-order chi connectivity index (χ1) is 37.6. The second-order valence-corrected chi connectivity index (χ2v) is 33.7. The molecule has 0 saturated carbocycles. The minimum Gasteiger partial charge on any atom is -0.404 e. The van der Waals surface area contributed by atoms with Crippen LogP contribution in [-0.4, -0.2) is 77.0 Å². The first-order valence-electron chi connectivity index (χ1n) is 24.8. The van der Waals surface area contributed by atoms with Crippen LogP contribution in [0.1, 0.15) is 22.3 Å². The van der Waals surface area contributed by atoms with Gasteiger partial charge in [-0.25, -0.2) is 30.0 Å². The van der Waals surface area contributed by atoms with Gasteiger partial charge in [-0.05, 0) is 155 Å². The second-order valence-electron chi connectivity index (χ2n) is 21.7. The normalized spacial score (nSPS) is 17.2. The van der Waals surface area contributed by atoms with Crippen LogP contribution < -0.4 is 11.0 Å². The second kappa shape index (κ2) is 16.2. The van der Waals surface area contributed by atoms with Crippen LogP contribution >= 0.6 is 0 Å². The minimum atomic E-state index is -4.75. The van der Waals surface area contributed by atoms with Crippen molar-refractivity contribution in [2.24, 2.45) is 30.0 Å². The summed E-state index contributed by atoms with van der Waals surface area (Å²) in [5, 5.41) is 55.8. The molecule has 0 saturated heterocycles. The number of nitro benzene ring substituents is 4. The van der Waals surface area contributed by atoms with Crippen LogP contribution in [0.15, 0.2) is 151 Å². The summed E-state index contributed by atoms with van der Waals surface area (Å²) in [6.07, 6.45) is 0. The summed E-state index contributed by atoms with van der Waals surface area (Å²) >= 11 is 0. The lowest BCUT2D eigenvalue weighted by Gasteiger charge is -2.41. The van der Waals surface area contributed by atoms with Gasteiger partial charge in [0.05, 0.1) is 19.7 Å². The van der Waals surface area contributed by atoms with E-state index in [1.807, 2.05) is 84.1 Å². The van der Waals surface area contributed by atoms with Gasteiger partial charge < -0.3 is 8.23 Å². The van der Waals surface area contributed by atoms with Gasteiger partial charge in [0.2, 0.25) is 0 Å². The molecule has 10 aromatic rings. The predicted octanol–water partition coefficient (Wildman–Crippen LogP) is 11.3. The topological polar surface area (TPSA) is 275 Å².